The van der Waals surface area contributed by atoms with Gasteiger partial charge in [0, 0.05) is 23.9 Å². The minimum atomic E-state index is -1.08. The van der Waals surface area contributed by atoms with Gasteiger partial charge in [0.1, 0.15) is 18.2 Å². The highest BCUT2D eigenvalue weighted by atomic mass is 35.5. The molecule has 8 heteroatoms. The molecular weight excluding hydrogens is 530 g/mol. The number of hydrogen-bond acceptors (Lipinski definition) is 6. The zero-order valence-corrected chi connectivity index (χ0v) is 22.0. The molecule has 1 amide bonds. The normalized spacial score (nSPS) is 11.5. The first-order chi connectivity index (χ1) is 19.5. The Morgan fingerprint density at radius 2 is 1.45 bits per heavy atom. The number of rotatable bonds is 8. The van der Waals surface area contributed by atoms with Crippen molar-refractivity contribution in [2.75, 3.05) is 0 Å². The molecular formula is C32H24ClNO6. The van der Waals surface area contributed by atoms with E-state index in [0.717, 1.165) is 16.7 Å². The van der Waals surface area contributed by atoms with E-state index < -0.39 is 23.7 Å². The number of hydrogen-bond donors (Lipinski definition) is 1. The van der Waals surface area contributed by atoms with Crippen molar-refractivity contribution in [3.8, 4) is 16.9 Å². The van der Waals surface area contributed by atoms with Crippen molar-refractivity contribution in [1.82, 2.24) is 5.32 Å². The molecule has 0 saturated heterocycles. The first kappa shape index (κ1) is 26.7. The largest absolute Gasteiger partial charge is 0.445 e. The molecule has 40 heavy (non-hydrogen) atoms. The van der Waals surface area contributed by atoms with Crippen LogP contribution in [-0.2, 0) is 22.6 Å². The standard InChI is InChI=1S/C32H24ClNO6/c33-26-17-25-24(23-14-8-3-9-15-23)18-30(35)39-28(25)19-29(26)40-31(36)27(16-21-10-4-1-5-11-21)34-32(37)38-20-22-12-6-2-7-13-22/h1-15,17-19,27H,16,20H2,(H,34,37). The van der Waals surface area contributed by atoms with Crippen molar-refractivity contribution >= 4 is 34.6 Å². The second kappa shape index (κ2) is 12.3. The molecule has 1 unspecified atom stereocenters. The maximum Gasteiger partial charge on any atom is 0.408 e. The van der Waals surface area contributed by atoms with Crippen molar-refractivity contribution in [1.29, 1.82) is 0 Å². The first-order valence-electron chi connectivity index (χ1n) is 12.5. The van der Waals surface area contributed by atoms with E-state index in [-0.39, 0.29) is 29.4 Å². The molecule has 1 aromatic heterocycles. The van der Waals surface area contributed by atoms with Crippen LogP contribution >= 0.6 is 11.6 Å². The Balaban J connectivity index is 1.39. The summed E-state index contributed by atoms with van der Waals surface area (Å²) in [7, 11) is 0. The van der Waals surface area contributed by atoms with Crippen LogP contribution in [0.3, 0.4) is 0 Å². The van der Waals surface area contributed by atoms with E-state index in [1.165, 1.54) is 12.1 Å². The molecule has 0 bridgehead atoms. The summed E-state index contributed by atoms with van der Waals surface area (Å²) in [6, 6.07) is 31.0. The fourth-order valence-electron chi connectivity index (χ4n) is 4.23. The predicted octanol–water partition coefficient (Wildman–Crippen LogP) is 6.56. The molecule has 5 rings (SSSR count). The second-order valence-corrected chi connectivity index (χ2v) is 9.40. The SMILES string of the molecule is O=C(NC(Cc1ccccc1)C(=O)Oc1cc2oc(=O)cc(-c3ccccc3)c2cc1Cl)OCc1ccccc1. The second-order valence-electron chi connectivity index (χ2n) is 8.99. The fourth-order valence-corrected chi connectivity index (χ4v) is 4.43. The molecule has 0 spiro atoms. The smallest absolute Gasteiger partial charge is 0.408 e. The van der Waals surface area contributed by atoms with Gasteiger partial charge in [0.2, 0.25) is 0 Å². The van der Waals surface area contributed by atoms with E-state index in [9.17, 15) is 14.4 Å². The number of esters is 1. The van der Waals surface area contributed by atoms with Crippen molar-refractivity contribution in [2.45, 2.75) is 19.1 Å². The lowest BCUT2D eigenvalue weighted by Crippen LogP contribution is -2.44. The number of amides is 1. The van der Waals surface area contributed by atoms with Crippen molar-refractivity contribution < 1.29 is 23.5 Å². The number of alkyl carbamates (subject to hydrolysis) is 1. The number of halogens is 1. The van der Waals surface area contributed by atoms with Crippen LogP contribution in [0.5, 0.6) is 5.75 Å². The third-order valence-corrected chi connectivity index (χ3v) is 6.46. The number of carbonyl (C=O) groups is 2. The molecule has 5 aromatic rings. The van der Waals surface area contributed by atoms with Gasteiger partial charge < -0.3 is 19.2 Å². The summed E-state index contributed by atoms with van der Waals surface area (Å²) in [6.07, 6.45) is -0.622. The lowest BCUT2D eigenvalue weighted by molar-refractivity contribution is -0.136. The van der Waals surface area contributed by atoms with E-state index >= 15 is 0 Å². The van der Waals surface area contributed by atoms with E-state index in [0.29, 0.717) is 10.9 Å². The summed E-state index contributed by atoms with van der Waals surface area (Å²) >= 11 is 6.53. The third kappa shape index (κ3) is 6.57. The Morgan fingerprint density at radius 3 is 2.12 bits per heavy atom. The lowest BCUT2D eigenvalue weighted by atomic mass is 10.0. The van der Waals surface area contributed by atoms with Gasteiger partial charge >= 0.3 is 17.7 Å². The van der Waals surface area contributed by atoms with E-state index in [1.54, 1.807) is 6.07 Å². The van der Waals surface area contributed by atoms with Gasteiger partial charge in [0.25, 0.3) is 0 Å². The zero-order chi connectivity index (χ0) is 27.9. The maximum atomic E-state index is 13.3. The Kier molecular flexibility index (Phi) is 8.23. The molecule has 4 aromatic carbocycles. The molecule has 0 fully saturated rings. The van der Waals surface area contributed by atoms with Gasteiger partial charge in [-0.15, -0.1) is 0 Å². The van der Waals surface area contributed by atoms with Crippen molar-refractivity contribution in [3.05, 3.63) is 136 Å². The highest BCUT2D eigenvalue weighted by Crippen LogP contribution is 2.35. The highest BCUT2D eigenvalue weighted by Gasteiger charge is 2.25. The predicted molar refractivity (Wildman–Crippen MR) is 152 cm³/mol. The van der Waals surface area contributed by atoms with Crippen LogP contribution in [0.4, 0.5) is 4.79 Å². The first-order valence-corrected chi connectivity index (χ1v) is 12.9. The summed E-state index contributed by atoms with van der Waals surface area (Å²) in [5.74, 6) is -0.770. The minimum absolute atomic E-state index is 0.00922. The Labute approximate surface area is 234 Å². The van der Waals surface area contributed by atoms with Crippen LogP contribution in [0, 0.1) is 0 Å². The molecule has 0 radical (unpaired) electrons. The summed E-state index contributed by atoms with van der Waals surface area (Å²) < 4.78 is 16.3. The molecule has 0 aliphatic rings. The number of ether oxygens (including phenoxy) is 2. The highest BCUT2D eigenvalue weighted by molar-refractivity contribution is 6.33. The number of benzene rings is 4. The molecule has 1 N–H and O–H groups in total. The van der Waals surface area contributed by atoms with Crippen molar-refractivity contribution in [2.24, 2.45) is 0 Å². The third-order valence-electron chi connectivity index (χ3n) is 6.16. The molecule has 0 aliphatic heterocycles. The Hall–Kier alpha value is -4.88. The van der Waals surface area contributed by atoms with Crippen LogP contribution < -0.4 is 15.7 Å². The van der Waals surface area contributed by atoms with Gasteiger partial charge in [-0.2, -0.15) is 0 Å². The molecule has 200 valence electrons. The topological polar surface area (TPSA) is 94.8 Å². The molecule has 1 atom stereocenters. The number of nitrogens with one attached hydrogen (secondary N) is 1. The van der Waals surface area contributed by atoms with Gasteiger partial charge in [-0.3, -0.25) is 0 Å². The lowest BCUT2D eigenvalue weighted by Gasteiger charge is -2.18. The van der Waals surface area contributed by atoms with E-state index in [1.807, 2.05) is 91.0 Å². The Morgan fingerprint density at radius 1 is 0.825 bits per heavy atom. The molecule has 0 aliphatic carbocycles. The number of carbonyl (C=O) groups excluding carboxylic acids is 2. The molecule has 1 heterocycles. The Bertz CT molecular complexity index is 1690. The maximum absolute atomic E-state index is 13.3. The van der Waals surface area contributed by atoms with Gasteiger partial charge in [-0.1, -0.05) is 103 Å². The summed E-state index contributed by atoms with van der Waals surface area (Å²) in [5, 5.41) is 3.32. The van der Waals surface area contributed by atoms with Crippen LogP contribution in [0.25, 0.3) is 22.1 Å². The quantitative estimate of drug-likeness (QED) is 0.133. The van der Waals surface area contributed by atoms with E-state index in [2.05, 4.69) is 5.32 Å². The fraction of sp³-hybridized carbons (Fsp3) is 0.0938. The number of fused-ring (bicyclic) bond motifs is 1. The van der Waals surface area contributed by atoms with Crippen LogP contribution in [0.1, 0.15) is 11.1 Å². The summed E-state index contributed by atoms with van der Waals surface area (Å²) in [6.45, 7) is 0.0407. The average molecular weight is 554 g/mol. The van der Waals surface area contributed by atoms with E-state index in [4.69, 9.17) is 25.5 Å². The van der Waals surface area contributed by atoms with Crippen LogP contribution in [-0.4, -0.2) is 18.1 Å². The summed E-state index contributed by atoms with van der Waals surface area (Å²) in [4.78, 5) is 38.3. The van der Waals surface area contributed by atoms with Crippen LogP contribution in [0.15, 0.2) is 118 Å². The van der Waals surface area contributed by atoms with Gasteiger partial charge in [-0.25, -0.2) is 14.4 Å². The monoisotopic (exact) mass is 553 g/mol. The molecule has 7 nitrogen and oxygen atoms in total. The molecule has 0 saturated carbocycles. The summed E-state index contributed by atoms with van der Waals surface area (Å²) in [5.41, 5.74) is 2.69. The zero-order valence-electron chi connectivity index (χ0n) is 21.2. The minimum Gasteiger partial charge on any atom is -0.445 e. The van der Waals surface area contributed by atoms with Gasteiger partial charge in [-0.05, 0) is 28.3 Å². The average Bonchev–Trinajstić information content (AvgIpc) is 2.97. The van der Waals surface area contributed by atoms with Gasteiger partial charge in [0.15, 0.2) is 5.75 Å². The van der Waals surface area contributed by atoms with Crippen LogP contribution in [0.2, 0.25) is 5.02 Å². The van der Waals surface area contributed by atoms with Gasteiger partial charge in [0.05, 0.1) is 5.02 Å². The van der Waals surface area contributed by atoms with Crippen molar-refractivity contribution in [3.63, 3.8) is 0 Å².